The zero-order valence-electron chi connectivity index (χ0n) is 12.0. The van der Waals surface area contributed by atoms with E-state index in [2.05, 4.69) is 4.72 Å². The van der Waals surface area contributed by atoms with Gasteiger partial charge in [-0.25, -0.2) is 21.9 Å². The normalized spacial score (nSPS) is 18.0. The summed E-state index contributed by atoms with van der Waals surface area (Å²) in [6.07, 6.45) is 4.94. The molecule has 1 saturated carbocycles. The number of halogens is 2. The molecule has 0 amide bonds. The molecule has 4 nitrogen and oxygen atoms in total. The van der Waals surface area contributed by atoms with Gasteiger partial charge in [0.1, 0.15) is 16.5 Å². The van der Waals surface area contributed by atoms with Crippen LogP contribution < -0.4 is 10.5 Å². The summed E-state index contributed by atoms with van der Waals surface area (Å²) in [5.41, 5.74) is 4.88. The summed E-state index contributed by atoms with van der Waals surface area (Å²) >= 11 is 0. The van der Waals surface area contributed by atoms with Crippen LogP contribution in [-0.2, 0) is 10.0 Å². The van der Waals surface area contributed by atoms with Gasteiger partial charge in [0.2, 0.25) is 10.0 Å². The van der Waals surface area contributed by atoms with Crippen molar-refractivity contribution in [3.63, 3.8) is 0 Å². The zero-order valence-corrected chi connectivity index (χ0v) is 12.8. The molecule has 1 aliphatic rings. The zero-order chi connectivity index (χ0) is 15.7. The lowest BCUT2D eigenvalue weighted by molar-refractivity contribution is 0.285. The molecule has 0 heterocycles. The SMILES string of the molecule is CCC1(CNS(=O)(=O)c2cc(N)c(F)cc2F)CCCC1. The smallest absolute Gasteiger partial charge is 0.243 e. The van der Waals surface area contributed by atoms with E-state index in [1.807, 2.05) is 6.92 Å². The number of nitrogens with one attached hydrogen (secondary N) is 1. The molecule has 1 aromatic rings. The first-order valence-corrected chi connectivity index (χ1v) is 8.52. The van der Waals surface area contributed by atoms with E-state index >= 15 is 0 Å². The van der Waals surface area contributed by atoms with E-state index in [0.29, 0.717) is 6.07 Å². The summed E-state index contributed by atoms with van der Waals surface area (Å²) in [4.78, 5) is -0.606. The average molecular weight is 318 g/mol. The largest absolute Gasteiger partial charge is 0.396 e. The average Bonchev–Trinajstić information content (AvgIpc) is 2.90. The molecule has 0 radical (unpaired) electrons. The van der Waals surface area contributed by atoms with Gasteiger partial charge in [-0.3, -0.25) is 0 Å². The Labute approximate surface area is 123 Å². The van der Waals surface area contributed by atoms with Gasteiger partial charge in [0.05, 0.1) is 5.69 Å². The molecule has 1 aromatic carbocycles. The Bertz CT molecular complexity index is 626. The molecular formula is C14H20F2N2O2S. The predicted octanol–water partition coefficient (Wildman–Crippen LogP) is 2.80. The van der Waals surface area contributed by atoms with Crippen LogP contribution in [0.2, 0.25) is 0 Å². The molecule has 0 saturated heterocycles. The van der Waals surface area contributed by atoms with Gasteiger partial charge in [-0.15, -0.1) is 0 Å². The molecule has 7 heteroatoms. The lowest BCUT2D eigenvalue weighted by Gasteiger charge is -2.27. The van der Waals surface area contributed by atoms with E-state index in [9.17, 15) is 17.2 Å². The van der Waals surface area contributed by atoms with Crippen LogP contribution in [0.25, 0.3) is 0 Å². The lowest BCUT2D eigenvalue weighted by Crippen LogP contribution is -2.36. The first-order chi connectivity index (χ1) is 9.80. The van der Waals surface area contributed by atoms with Crippen molar-refractivity contribution in [1.29, 1.82) is 0 Å². The molecule has 0 atom stereocenters. The number of hydrogen-bond acceptors (Lipinski definition) is 3. The van der Waals surface area contributed by atoms with Crippen LogP contribution in [-0.4, -0.2) is 15.0 Å². The van der Waals surface area contributed by atoms with Gasteiger partial charge in [0.25, 0.3) is 0 Å². The number of nitrogen functional groups attached to an aromatic ring is 1. The fourth-order valence-corrected chi connectivity index (χ4v) is 4.11. The Morgan fingerprint density at radius 2 is 1.86 bits per heavy atom. The summed E-state index contributed by atoms with van der Waals surface area (Å²) in [7, 11) is -4.04. The van der Waals surface area contributed by atoms with Gasteiger partial charge >= 0.3 is 0 Å². The standard InChI is InChI=1S/C14H20F2N2O2S/c1-2-14(5-3-4-6-14)9-18-21(19,20)13-8-12(17)10(15)7-11(13)16/h7-8,18H,2-6,9,17H2,1H3. The van der Waals surface area contributed by atoms with Crippen LogP contribution in [0.3, 0.4) is 0 Å². The molecule has 1 aliphatic carbocycles. The van der Waals surface area contributed by atoms with Crippen molar-refractivity contribution in [2.75, 3.05) is 12.3 Å². The molecule has 0 unspecified atom stereocenters. The summed E-state index contributed by atoms with van der Waals surface area (Å²) in [5.74, 6) is -2.10. The fourth-order valence-electron chi connectivity index (χ4n) is 2.86. The van der Waals surface area contributed by atoms with E-state index in [1.165, 1.54) is 0 Å². The molecule has 0 bridgehead atoms. The van der Waals surface area contributed by atoms with Crippen molar-refractivity contribution in [2.45, 2.75) is 43.9 Å². The molecule has 118 valence electrons. The van der Waals surface area contributed by atoms with Gasteiger partial charge in [0, 0.05) is 12.6 Å². The van der Waals surface area contributed by atoms with Crippen LogP contribution in [0, 0.1) is 17.0 Å². The Hall–Kier alpha value is -1.21. The highest BCUT2D eigenvalue weighted by atomic mass is 32.2. The quantitative estimate of drug-likeness (QED) is 0.820. The van der Waals surface area contributed by atoms with Crippen LogP contribution in [0.4, 0.5) is 14.5 Å². The van der Waals surface area contributed by atoms with Crippen molar-refractivity contribution >= 4 is 15.7 Å². The molecule has 0 aliphatic heterocycles. The third kappa shape index (κ3) is 3.35. The second-order valence-corrected chi connectivity index (χ2v) is 7.42. The third-order valence-electron chi connectivity index (χ3n) is 4.39. The van der Waals surface area contributed by atoms with E-state index in [0.717, 1.165) is 38.2 Å². The predicted molar refractivity (Wildman–Crippen MR) is 77.2 cm³/mol. The Morgan fingerprint density at radius 1 is 1.24 bits per heavy atom. The van der Waals surface area contributed by atoms with Crippen molar-refractivity contribution in [1.82, 2.24) is 4.72 Å². The lowest BCUT2D eigenvalue weighted by atomic mass is 9.84. The van der Waals surface area contributed by atoms with Gasteiger partial charge in [-0.1, -0.05) is 19.8 Å². The molecule has 0 aromatic heterocycles. The van der Waals surface area contributed by atoms with Gasteiger partial charge in [-0.05, 0) is 30.7 Å². The maximum absolute atomic E-state index is 13.7. The molecule has 1 fully saturated rings. The fraction of sp³-hybridized carbons (Fsp3) is 0.571. The number of rotatable bonds is 5. The van der Waals surface area contributed by atoms with Gasteiger partial charge in [-0.2, -0.15) is 0 Å². The molecule has 21 heavy (non-hydrogen) atoms. The van der Waals surface area contributed by atoms with Crippen molar-refractivity contribution < 1.29 is 17.2 Å². The number of anilines is 1. The third-order valence-corrected chi connectivity index (χ3v) is 5.81. The highest BCUT2D eigenvalue weighted by molar-refractivity contribution is 7.89. The number of sulfonamides is 1. The number of hydrogen-bond donors (Lipinski definition) is 2. The van der Waals surface area contributed by atoms with Crippen LogP contribution in [0.1, 0.15) is 39.0 Å². The maximum Gasteiger partial charge on any atom is 0.243 e. The molecule has 0 spiro atoms. The summed E-state index contributed by atoms with van der Waals surface area (Å²) < 4.78 is 53.7. The van der Waals surface area contributed by atoms with E-state index in [1.54, 1.807) is 0 Å². The molecule has 3 N–H and O–H groups in total. The Morgan fingerprint density at radius 3 is 2.43 bits per heavy atom. The molecule has 2 rings (SSSR count). The first kappa shape index (κ1) is 16.2. The Balaban J connectivity index is 2.21. The highest BCUT2D eigenvalue weighted by Gasteiger charge is 2.33. The van der Waals surface area contributed by atoms with Crippen LogP contribution in [0.15, 0.2) is 17.0 Å². The maximum atomic E-state index is 13.7. The van der Waals surface area contributed by atoms with E-state index in [-0.39, 0.29) is 17.6 Å². The number of benzene rings is 1. The van der Waals surface area contributed by atoms with E-state index in [4.69, 9.17) is 5.73 Å². The van der Waals surface area contributed by atoms with Crippen molar-refractivity contribution in [3.05, 3.63) is 23.8 Å². The topological polar surface area (TPSA) is 72.2 Å². The summed E-state index contributed by atoms with van der Waals surface area (Å²) in [6, 6.07) is 1.31. The second kappa shape index (κ2) is 5.88. The van der Waals surface area contributed by atoms with Gasteiger partial charge < -0.3 is 5.73 Å². The number of nitrogens with two attached hydrogens (primary N) is 1. The second-order valence-electron chi connectivity index (χ2n) is 5.69. The molecular weight excluding hydrogens is 298 g/mol. The van der Waals surface area contributed by atoms with Crippen molar-refractivity contribution in [3.8, 4) is 0 Å². The van der Waals surface area contributed by atoms with Crippen molar-refractivity contribution in [2.24, 2.45) is 5.41 Å². The monoisotopic (exact) mass is 318 g/mol. The minimum Gasteiger partial charge on any atom is -0.396 e. The van der Waals surface area contributed by atoms with E-state index < -0.39 is 26.6 Å². The first-order valence-electron chi connectivity index (χ1n) is 7.04. The van der Waals surface area contributed by atoms with Gasteiger partial charge in [0.15, 0.2) is 0 Å². The minimum absolute atomic E-state index is 0.0604. The Kier molecular flexibility index (Phi) is 4.53. The van der Waals surface area contributed by atoms with Crippen LogP contribution in [0.5, 0.6) is 0 Å². The van der Waals surface area contributed by atoms with Crippen LogP contribution >= 0.6 is 0 Å². The summed E-state index contributed by atoms with van der Waals surface area (Å²) in [5, 5.41) is 0. The highest BCUT2D eigenvalue weighted by Crippen LogP contribution is 2.40. The summed E-state index contributed by atoms with van der Waals surface area (Å²) in [6.45, 7) is 2.29. The minimum atomic E-state index is -4.04.